The zero-order chi connectivity index (χ0) is 8.48. The first-order chi connectivity index (χ1) is 5.08. The molecule has 0 aliphatic carbocycles. The molecule has 1 nitrogen and oxygen atoms in total. The van der Waals surface area contributed by atoms with Crippen LogP contribution in [0, 0.1) is 12.3 Å². The lowest BCUT2D eigenvalue weighted by atomic mass is 10.2. The Hall–Kier alpha value is 0.520. The monoisotopic (exact) mass is 205 g/mol. The zero-order valence-electron chi connectivity index (χ0n) is 6.53. The van der Waals surface area contributed by atoms with Crippen LogP contribution in [-0.4, -0.2) is 23.9 Å². The van der Waals surface area contributed by atoms with Crippen molar-refractivity contribution in [2.45, 2.75) is 18.9 Å². The molecule has 0 aromatic rings. The van der Waals surface area contributed by atoms with Gasteiger partial charge in [-0.1, -0.05) is 17.7 Å². The molecule has 0 amide bonds. The lowest BCUT2D eigenvalue weighted by molar-refractivity contribution is 0.428. The second-order valence-electron chi connectivity index (χ2n) is 2.79. The van der Waals surface area contributed by atoms with Gasteiger partial charge in [-0.25, -0.2) is 0 Å². The Labute approximate surface area is 78.8 Å². The maximum atomic E-state index is 5.37. The molecule has 0 aromatic carbocycles. The van der Waals surface area contributed by atoms with Crippen molar-refractivity contribution in [3.8, 4) is 12.3 Å². The van der Waals surface area contributed by atoms with E-state index in [0.717, 1.165) is 19.0 Å². The summed E-state index contributed by atoms with van der Waals surface area (Å²) in [6.07, 6.45) is 8.63. The lowest BCUT2D eigenvalue weighted by Gasteiger charge is -2.36. The van der Waals surface area contributed by atoms with Crippen molar-refractivity contribution in [3.63, 3.8) is 0 Å². The SMILES string of the molecule is C#CC1CCCP(=S)(S)N1C. The van der Waals surface area contributed by atoms with E-state index in [-0.39, 0.29) is 6.04 Å². The predicted octanol–water partition coefficient (Wildman–Crippen LogP) is 1.95. The molecule has 0 saturated carbocycles. The minimum absolute atomic E-state index is 0.229. The molecule has 1 saturated heterocycles. The Morgan fingerprint density at radius 2 is 2.45 bits per heavy atom. The normalized spacial score (nSPS) is 39.9. The van der Waals surface area contributed by atoms with Crippen molar-refractivity contribution in [2.75, 3.05) is 13.2 Å². The Kier molecular flexibility index (Phi) is 3.05. The smallest absolute Gasteiger partial charge is 0.0755 e. The molecule has 2 unspecified atom stereocenters. The van der Waals surface area contributed by atoms with Crippen LogP contribution < -0.4 is 0 Å². The first kappa shape index (κ1) is 9.61. The first-order valence-corrected chi connectivity index (χ1v) is 7.68. The van der Waals surface area contributed by atoms with Crippen molar-refractivity contribution < 1.29 is 0 Å². The third kappa shape index (κ3) is 2.00. The Morgan fingerprint density at radius 3 is 2.91 bits per heavy atom. The van der Waals surface area contributed by atoms with Gasteiger partial charge < -0.3 is 0 Å². The van der Waals surface area contributed by atoms with Crippen molar-refractivity contribution >= 4 is 29.4 Å². The first-order valence-electron chi connectivity index (χ1n) is 3.59. The minimum Gasteiger partial charge on any atom is -0.256 e. The third-order valence-electron chi connectivity index (χ3n) is 2.06. The quantitative estimate of drug-likeness (QED) is 0.366. The van der Waals surface area contributed by atoms with Crippen LogP contribution in [0.25, 0.3) is 0 Å². The maximum absolute atomic E-state index is 5.37. The van der Waals surface area contributed by atoms with E-state index in [4.69, 9.17) is 18.2 Å². The van der Waals surface area contributed by atoms with Gasteiger partial charge in [0.2, 0.25) is 0 Å². The number of hydrogen-bond acceptors (Lipinski definition) is 1. The molecule has 0 bridgehead atoms. The van der Waals surface area contributed by atoms with Gasteiger partial charge in [-0.05, 0) is 26.1 Å². The van der Waals surface area contributed by atoms with Gasteiger partial charge in [-0.15, -0.1) is 18.7 Å². The molecule has 1 heterocycles. The molecular weight excluding hydrogens is 193 g/mol. The number of rotatable bonds is 0. The molecule has 1 fully saturated rings. The molecule has 0 radical (unpaired) electrons. The summed E-state index contributed by atoms with van der Waals surface area (Å²) in [5, 5.41) is -1.53. The minimum atomic E-state index is -1.53. The summed E-state index contributed by atoms with van der Waals surface area (Å²) in [4.78, 5) is 0. The van der Waals surface area contributed by atoms with Crippen molar-refractivity contribution in [2.24, 2.45) is 0 Å². The Balaban J connectivity index is 2.78. The van der Waals surface area contributed by atoms with E-state index in [0.29, 0.717) is 0 Å². The van der Waals surface area contributed by atoms with Gasteiger partial charge in [-0.2, -0.15) is 0 Å². The number of nitrogens with zero attached hydrogens (tertiary/aromatic N) is 1. The summed E-state index contributed by atoms with van der Waals surface area (Å²) in [5.74, 6) is 2.75. The second kappa shape index (κ2) is 3.49. The van der Waals surface area contributed by atoms with Crippen LogP contribution in [0.1, 0.15) is 12.8 Å². The Morgan fingerprint density at radius 1 is 1.82 bits per heavy atom. The fourth-order valence-corrected chi connectivity index (χ4v) is 4.30. The number of terminal acetylenes is 1. The zero-order valence-corrected chi connectivity index (χ0v) is 9.13. The fourth-order valence-electron chi connectivity index (χ4n) is 1.24. The van der Waals surface area contributed by atoms with Crippen molar-refractivity contribution in [1.82, 2.24) is 4.67 Å². The van der Waals surface area contributed by atoms with E-state index < -0.39 is 5.39 Å². The third-order valence-corrected chi connectivity index (χ3v) is 6.99. The summed E-state index contributed by atoms with van der Waals surface area (Å²) in [5.41, 5.74) is 0. The molecule has 2 atom stereocenters. The van der Waals surface area contributed by atoms with Crippen LogP contribution in [0.3, 0.4) is 0 Å². The van der Waals surface area contributed by atoms with E-state index in [1.54, 1.807) is 0 Å². The molecule has 11 heavy (non-hydrogen) atoms. The molecule has 1 aliphatic heterocycles. The lowest BCUT2D eigenvalue weighted by Crippen LogP contribution is -2.31. The van der Waals surface area contributed by atoms with Crippen molar-refractivity contribution in [1.29, 1.82) is 0 Å². The largest absolute Gasteiger partial charge is 0.256 e. The summed E-state index contributed by atoms with van der Waals surface area (Å²) < 4.78 is 2.11. The average Bonchev–Trinajstić information content (AvgIpc) is 1.95. The molecule has 0 aromatic heterocycles. The van der Waals surface area contributed by atoms with Crippen molar-refractivity contribution in [3.05, 3.63) is 0 Å². The van der Waals surface area contributed by atoms with Gasteiger partial charge in [0.25, 0.3) is 0 Å². The van der Waals surface area contributed by atoms with Gasteiger partial charge in [-0.3, -0.25) is 4.67 Å². The highest BCUT2D eigenvalue weighted by molar-refractivity contribution is 8.62. The number of thiol groups is 1. The van der Waals surface area contributed by atoms with Gasteiger partial charge in [0, 0.05) is 0 Å². The number of hydrogen-bond donors (Lipinski definition) is 1. The van der Waals surface area contributed by atoms with Crippen LogP contribution in [0.15, 0.2) is 0 Å². The standard InChI is InChI=1S/C7H12NPS2/c1-3-7-5-4-6-9(10,11)8(7)2/h1,7H,4-6H2,2H3,(H,10,11). The van der Waals surface area contributed by atoms with Gasteiger partial charge in [0.15, 0.2) is 0 Å². The van der Waals surface area contributed by atoms with E-state index in [1.165, 1.54) is 0 Å². The van der Waals surface area contributed by atoms with Gasteiger partial charge in [0.05, 0.1) is 11.4 Å². The fraction of sp³-hybridized carbons (Fsp3) is 0.714. The average molecular weight is 205 g/mol. The highest BCUT2D eigenvalue weighted by atomic mass is 32.9. The van der Waals surface area contributed by atoms with Crippen LogP contribution >= 0.6 is 17.6 Å². The van der Waals surface area contributed by atoms with E-state index >= 15 is 0 Å². The molecule has 4 heteroatoms. The molecule has 0 N–H and O–H groups in total. The Bertz CT molecular complexity index is 233. The molecule has 0 spiro atoms. The van der Waals surface area contributed by atoms with E-state index in [1.807, 2.05) is 7.05 Å². The van der Waals surface area contributed by atoms with E-state index in [2.05, 4.69) is 22.8 Å². The molecule has 1 aliphatic rings. The summed E-state index contributed by atoms with van der Waals surface area (Å²) in [6.45, 7) is 0. The van der Waals surface area contributed by atoms with Crippen LogP contribution in [0.5, 0.6) is 0 Å². The highest BCUT2D eigenvalue weighted by Crippen LogP contribution is 2.58. The van der Waals surface area contributed by atoms with Gasteiger partial charge in [0.1, 0.15) is 0 Å². The van der Waals surface area contributed by atoms with Crippen LogP contribution in [0.2, 0.25) is 0 Å². The molecular formula is C7H12NPS2. The molecule has 62 valence electrons. The predicted molar refractivity (Wildman–Crippen MR) is 57.8 cm³/mol. The van der Waals surface area contributed by atoms with Crippen LogP contribution in [-0.2, 0) is 11.8 Å². The maximum Gasteiger partial charge on any atom is 0.0755 e. The summed E-state index contributed by atoms with van der Waals surface area (Å²) in [6, 6.07) is 0.229. The van der Waals surface area contributed by atoms with Crippen LogP contribution in [0.4, 0.5) is 0 Å². The topological polar surface area (TPSA) is 3.24 Å². The van der Waals surface area contributed by atoms with E-state index in [9.17, 15) is 0 Å². The second-order valence-corrected chi connectivity index (χ2v) is 9.80. The summed E-state index contributed by atoms with van der Waals surface area (Å²) in [7, 11) is 2.00. The summed E-state index contributed by atoms with van der Waals surface area (Å²) >= 11 is 9.85. The highest BCUT2D eigenvalue weighted by Gasteiger charge is 2.28. The van der Waals surface area contributed by atoms with Gasteiger partial charge >= 0.3 is 0 Å². The molecule has 1 rings (SSSR count).